The molecule has 0 amide bonds. The van der Waals surface area contributed by atoms with Gasteiger partial charge in [0.05, 0.1) is 23.1 Å². The zero-order valence-electron chi connectivity index (χ0n) is 16.7. The fourth-order valence-corrected chi connectivity index (χ4v) is 3.96. The molecule has 6 rings (SSSR count). The van der Waals surface area contributed by atoms with Gasteiger partial charge in [-0.1, -0.05) is 18.2 Å². The van der Waals surface area contributed by atoms with Gasteiger partial charge in [0.25, 0.3) is 0 Å². The fraction of sp³-hybridized carbons (Fsp3) is 0. The molecule has 0 saturated carbocycles. The normalized spacial score (nSPS) is 11.4. The van der Waals surface area contributed by atoms with E-state index >= 15 is 0 Å². The maximum absolute atomic E-state index is 14.4. The molecule has 0 atom stereocenters. The van der Waals surface area contributed by atoms with Gasteiger partial charge in [0.2, 0.25) is 0 Å². The van der Waals surface area contributed by atoms with Gasteiger partial charge in [0, 0.05) is 57.8 Å². The highest BCUT2D eigenvalue weighted by molar-refractivity contribution is 6.00. The minimum Gasteiger partial charge on any atom is -0.397 e. The van der Waals surface area contributed by atoms with E-state index < -0.39 is 0 Å². The summed E-state index contributed by atoms with van der Waals surface area (Å²) in [6, 6.07) is 12.5. The van der Waals surface area contributed by atoms with Crippen molar-refractivity contribution in [3.63, 3.8) is 0 Å². The number of benzene rings is 1. The molecule has 0 spiro atoms. The predicted molar refractivity (Wildman–Crippen MR) is 122 cm³/mol. The van der Waals surface area contributed by atoms with Gasteiger partial charge >= 0.3 is 0 Å². The van der Waals surface area contributed by atoms with E-state index in [0.29, 0.717) is 28.2 Å². The Kier molecular flexibility index (Phi) is 3.97. The number of pyridine rings is 3. The average Bonchev–Trinajstić information content (AvgIpc) is 3.43. The molecule has 5 heterocycles. The number of anilines is 1. The Labute approximate surface area is 181 Å². The molecule has 0 aliphatic carbocycles. The van der Waals surface area contributed by atoms with Crippen LogP contribution in [0.5, 0.6) is 0 Å². The van der Waals surface area contributed by atoms with Gasteiger partial charge in [-0.15, -0.1) is 0 Å². The lowest BCUT2D eigenvalue weighted by Crippen LogP contribution is -1.88. The van der Waals surface area contributed by atoms with Crippen LogP contribution in [0.3, 0.4) is 0 Å². The minimum atomic E-state index is -0.292. The van der Waals surface area contributed by atoms with E-state index in [1.807, 2.05) is 24.3 Å². The van der Waals surface area contributed by atoms with Crippen LogP contribution >= 0.6 is 0 Å². The molecule has 8 heteroatoms. The smallest absolute Gasteiger partial charge is 0.155 e. The van der Waals surface area contributed by atoms with Gasteiger partial charge in [0.15, 0.2) is 5.65 Å². The molecule has 0 bridgehead atoms. The van der Waals surface area contributed by atoms with Crippen LogP contribution in [0.15, 0.2) is 73.4 Å². The number of fused-ring (bicyclic) bond motifs is 2. The number of rotatable bonds is 3. The third-order valence-electron chi connectivity index (χ3n) is 5.47. The molecule has 0 radical (unpaired) electrons. The SMILES string of the molecule is Nc1cncc(-c2cnc3[nH]nc(-c4cc5c(-c6ccccc6F)cncc5[nH]4)c3c2)c1. The molecule has 0 aliphatic heterocycles. The second-order valence-electron chi connectivity index (χ2n) is 7.51. The van der Waals surface area contributed by atoms with Crippen molar-refractivity contribution in [3.05, 3.63) is 79.3 Å². The number of aromatic amines is 2. The second-order valence-corrected chi connectivity index (χ2v) is 7.51. The van der Waals surface area contributed by atoms with Crippen LogP contribution in [0.25, 0.3) is 55.6 Å². The van der Waals surface area contributed by atoms with E-state index in [0.717, 1.165) is 33.1 Å². The predicted octanol–water partition coefficient (Wildman–Crippen LogP) is 4.95. The first-order chi connectivity index (χ1) is 15.7. The van der Waals surface area contributed by atoms with Crippen LogP contribution in [0, 0.1) is 5.82 Å². The van der Waals surface area contributed by atoms with Crippen molar-refractivity contribution in [2.75, 3.05) is 5.73 Å². The van der Waals surface area contributed by atoms with Crippen molar-refractivity contribution in [2.45, 2.75) is 0 Å². The van der Waals surface area contributed by atoms with Crippen LogP contribution in [-0.4, -0.2) is 30.1 Å². The van der Waals surface area contributed by atoms with E-state index in [9.17, 15) is 4.39 Å². The van der Waals surface area contributed by atoms with Crippen LogP contribution in [0.2, 0.25) is 0 Å². The summed E-state index contributed by atoms with van der Waals surface area (Å²) in [7, 11) is 0. The molecule has 0 saturated heterocycles. The summed E-state index contributed by atoms with van der Waals surface area (Å²) < 4.78 is 14.4. The molecule has 7 nitrogen and oxygen atoms in total. The number of aromatic nitrogens is 6. The van der Waals surface area contributed by atoms with Gasteiger partial charge < -0.3 is 10.7 Å². The highest BCUT2D eigenvalue weighted by Gasteiger charge is 2.16. The number of H-pyrrole nitrogens is 2. The molecule has 0 aliphatic rings. The van der Waals surface area contributed by atoms with E-state index in [1.165, 1.54) is 6.07 Å². The zero-order chi connectivity index (χ0) is 21.7. The topological polar surface area (TPSA) is 109 Å². The molecule has 154 valence electrons. The summed E-state index contributed by atoms with van der Waals surface area (Å²) in [5.74, 6) is -0.292. The Hall–Kier alpha value is -4.59. The Morgan fingerprint density at radius 2 is 1.66 bits per heavy atom. The van der Waals surface area contributed by atoms with E-state index in [1.54, 1.807) is 43.1 Å². The van der Waals surface area contributed by atoms with Crippen molar-refractivity contribution in [1.29, 1.82) is 0 Å². The summed E-state index contributed by atoms with van der Waals surface area (Å²) in [6.07, 6.45) is 8.50. The number of nitrogen functional groups attached to an aromatic ring is 1. The number of nitrogens with zero attached hydrogens (tertiary/aromatic N) is 4. The average molecular weight is 421 g/mol. The first-order valence-electron chi connectivity index (χ1n) is 9.94. The Morgan fingerprint density at radius 3 is 2.53 bits per heavy atom. The van der Waals surface area contributed by atoms with Gasteiger partial charge in [-0.05, 0) is 24.3 Å². The lowest BCUT2D eigenvalue weighted by molar-refractivity contribution is 0.631. The number of nitrogens with one attached hydrogen (secondary N) is 2. The standard InChI is InChI=1S/C24H16FN7/c25-20-4-2-1-3-16(20)19-11-28-12-22-17(19)7-21(30-22)23-18-6-14(9-29-24(18)32-31-23)13-5-15(26)10-27-8-13/h1-12,30H,26H2,(H,29,31,32). The first kappa shape index (κ1) is 18.2. The molecule has 6 aromatic rings. The molecule has 5 aromatic heterocycles. The van der Waals surface area contributed by atoms with Crippen molar-refractivity contribution in [1.82, 2.24) is 30.1 Å². The summed E-state index contributed by atoms with van der Waals surface area (Å²) in [5.41, 5.74) is 12.4. The van der Waals surface area contributed by atoms with Crippen LogP contribution in [-0.2, 0) is 0 Å². The number of hydrogen-bond acceptors (Lipinski definition) is 5. The third kappa shape index (κ3) is 2.89. The Balaban J connectivity index is 1.52. The highest BCUT2D eigenvalue weighted by atomic mass is 19.1. The van der Waals surface area contributed by atoms with Gasteiger partial charge in [-0.25, -0.2) is 9.37 Å². The summed E-state index contributed by atoms with van der Waals surface area (Å²) in [6.45, 7) is 0. The van der Waals surface area contributed by atoms with Crippen molar-refractivity contribution >= 4 is 27.6 Å². The molecule has 0 fully saturated rings. The number of nitrogens with two attached hydrogens (primary N) is 1. The summed E-state index contributed by atoms with van der Waals surface area (Å²) >= 11 is 0. The van der Waals surface area contributed by atoms with E-state index in [-0.39, 0.29) is 5.82 Å². The third-order valence-corrected chi connectivity index (χ3v) is 5.47. The fourth-order valence-electron chi connectivity index (χ4n) is 3.96. The van der Waals surface area contributed by atoms with Crippen LogP contribution in [0.4, 0.5) is 10.1 Å². The van der Waals surface area contributed by atoms with E-state index in [2.05, 4.69) is 30.1 Å². The number of hydrogen-bond donors (Lipinski definition) is 3. The minimum absolute atomic E-state index is 0.292. The molecule has 1 aromatic carbocycles. The van der Waals surface area contributed by atoms with Crippen molar-refractivity contribution < 1.29 is 4.39 Å². The van der Waals surface area contributed by atoms with Crippen molar-refractivity contribution in [2.24, 2.45) is 0 Å². The van der Waals surface area contributed by atoms with Gasteiger partial charge in [-0.2, -0.15) is 5.10 Å². The first-order valence-corrected chi connectivity index (χ1v) is 9.94. The largest absolute Gasteiger partial charge is 0.397 e. The maximum Gasteiger partial charge on any atom is 0.155 e. The molecule has 0 unspecified atom stereocenters. The monoisotopic (exact) mass is 421 g/mol. The number of halogens is 1. The van der Waals surface area contributed by atoms with Gasteiger partial charge in [0.1, 0.15) is 11.5 Å². The Morgan fingerprint density at radius 1 is 0.812 bits per heavy atom. The lowest BCUT2D eigenvalue weighted by Gasteiger charge is -2.03. The van der Waals surface area contributed by atoms with Crippen LogP contribution < -0.4 is 5.73 Å². The lowest BCUT2D eigenvalue weighted by atomic mass is 10.0. The molecule has 4 N–H and O–H groups in total. The van der Waals surface area contributed by atoms with E-state index in [4.69, 9.17) is 5.73 Å². The highest BCUT2D eigenvalue weighted by Crippen LogP contribution is 2.35. The Bertz CT molecular complexity index is 1620. The second kappa shape index (κ2) is 6.98. The van der Waals surface area contributed by atoms with Crippen molar-refractivity contribution in [3.8, 4) is 33.6 Å². The molecular formula is C24H16FN7. The maximum atomic E-state index is 14.4. The van der Waals surface area contributed by atoms with Crippen LogP contribution in [0.1, 0.15) is 0 Å². The van der Waals surface area contributed by atoms with Gasteiger partial charge in [-0.3, -0.25) is 15.1 Å². The molecule has 32 heavy (non-hydrogen) atoms. The molecular weight excluding hydrogens is 405 g/mol. The summed E-state index contributed by atoms with van der Waals surface area (Å²) in [5, 5.41) is 9.16. The summed E-state index contributed by atoms with van der Waals surface area (Å²) in [4.78, 5) is 16.3. The quantitative estimate of drug-likeness (QED) is 0.374. The zero-order valence-corrected chi connectivity index (χ0v) is 16.7.